The standard InChI is InChI=1S/C19H22N6O2S2/c1-9-4-5-12-13(6-9)29-17(15(12)16(20)27)22-14(26)8-28-19-24-23-18-21-10(2)7-11(3)25(18)19/h7,9H,4-6,8H2,1-3H3,(H2,20,27)(H,22,26)/t9-/m0/s1. The van der Waals surface area contributed by atoms with Gasteiger partial charge in [0.15, 0.2) is 5.16 Å². The summed E-state index contributed by atoms with van der Waals surface area (Å²) in [4.78, 5) is 30.1. The minimum Gasteiger partial charge on any atom is -0.365 e. The number of primary amides is 1. The van der Waals surface area contributed by atoms with Gasteiger partial charge in [-0.2, -0.15) is 0 Å². The zero-order valence-electron chi connectivity index (χ0n) is 16.5. The molecule has 0 saturated carbocycles. The summed E-state index contributed by atoms with van der Waals surface area (Å²) in [6.07, 6.45) is 2.77. The fourth-order valence-electron chi connectivity index (χ4n) is 3.69. The lowest BCUT2D eigenvalue weighted by Crippen LogP contribution is -2.20. The van der Waals surface area contributed by atoms with Crippen LogP contribution in [0.25, 0.3) is 5.78 Å². The molecule has 1 aliphatic rings. The molecule has 10 heteroatoms. The van der Waals surface area contributed by atoms with Crippen LogP contribution in [0, 0.1) is 19.8 Å². The Hall–Kier alpha value is -2.46. The van der Waals surface area contributed by atoms with Gasteiger partial charge < -0.3 is 11.1 Å². The first-order chi connectivity index (χ1) is 13.8. The number of fused-ring (bicyclic) bond motifs is 2. The number of amides is 2. The van der Waals surface area contributed by atoms with Gasteiger partial charge in [-0.05, 0) is 50.7 Å². The number of hydrogen-bond donors (Lipinski definition) is 2. The molecule has 29 heavy (non-hydrogen) atoms. The van der Waals surface area contributed by atoms with E-state index in [2.05, 4.69) is 27.4 Å². The first kappa shape index (κ1) is 19.8. The van der Waals surface area contributed by atoms with Gasteiger partial charge in [0.25, 0.3) is 11.7 Å². The molecule has 0 saturated heterocycles. The molecule has 0 bridgehead atoms. The Balaban J connectivity index is 1.50. The van der Waals surface area contributed by atoms with Crippen LogP contribution >= 0.6 is 23.1 Å². The quantitative estimate of drug-likeness (QED) is 0.602. The van der Waals surface area contributed by atoms with Gasteiger partial charge in [0.2, 0.25) is 5.91 Å². The fourth-order valence-corrected chi connectivity index (χ4v) is 5.90. The number of nitrogens with one attached hydrogen (secondary N) is 1. The summed E-state index contributed by atoms with van der Waals surface area (Å²) in [5.41, 5.74) is 8.92. The highest BCUT2D eigenvalue weighted by molar-refractivity contribution is 7.99. The maximum absolute atomic E-state index is 12.6. The number of anilines is 1. The van der Waals surface area contributed by atoms with E-state index in [1.54, 1.807) is 0 Å². The number of thiophene rings is 1. The van der Waals surface area contributed by atoms with E-state index in [-0.39, 0.29) is 11.7 Å². The summed E-state index contributed by atoms with van der Waals surface area (Å²) in [5.74, 6) is 0.536. The third-order valence-electron chi connectivity index (χ3n) is 5.01. The molecule has 0 aromatic carbocycles. The Labute approximate surface area is 176 Å². The summed E-state index contributed by atoms with van der Waals surface area (Å²) < 4.78 is 1.82. The van der Waals surface area contributed by atoms with E-state index in [0.717, 1.165) is 41.1 Å². The fraction of sp³-hybridized carbons (Fsp3) is 0.421. The van der Waals surface area contributed by atoms with Crippen LogP contribution in [0.2, 0.25) is 0 Å². The minimum absolute atomic E-state index is 0.144. The number of hydrogen-bond acceptors (Lipinski definition) is 7. The predicted molar refractivity (Wildman–Crippen MR) is 114 cm³/mol. The average Bonchev–Trinajstić information content (AvgIpc) is 3.20. The van der Waals surface area contributed by atoms with Crippen LogP contribution in [-0.4, -0.2) is 37.1 Å². The predicted octanol–water partition coefficient (Wildman–Crippen LogP) is 2.76. The number of aryl methyl sites for hydroxylation is 2. The molecule has 4 rings (SSSR count). The smallest absolute Gasteiger partial charge is 0.256 e. The Bertz CT molecular complexity index is 1120. The number of aromatic nitrogens is 4. The van der Waals surface area contributed by atoms with E-state index in [4.69, 9.17) is 5.73 Å². The van der Waals surface area contributed by atoms with E-state index in [9.17, 15) is 9.59 Å². The van der Waals surface area contributed by atoms with Gasteiger partial charge in [-0.3, -0.25) is 14.0 Å². The van der Waals surface area contributed by atoms with Crippen molar-refractivity contribution in [3.8, 4) is 0 Å². The van der Waals surface area contributed by atoms with E-state index >= 15 is 0 Å². The highest BCUT2D eigenvalue weighted by Crippen LogP contribution is 2.39. The van der Waals surface area contributed by atoms with Crippen molar-refractivity contribution < 1.29 is 9.59 Å². The molecule has 3 aromatic rings. The van der Waals surface area contributed by atoms with Crippen molar-refractivity contribution in [2.24, 2.45) is 11.7 Å². The lowest BCUT2D eigenvalue weighted by atomic mass is 9.88. The Morgan fingerprint density at radius 2 is 2.17 bits per heavy atom. The molecule has 1 aliphatic carbocycles. The highest BCUT2D eigenvalue weighted by atomic mass is 32.2. The lowest BCUT2D eigenvalue weighted by molar-refractivity contribution is -0.113. The maximum Gasteiger partial charge on any atom is 0.256 e. The molecule has 3 aromatic heterocycles. The zero-order valence-corrected chi connectivity index (χ0v) is 18.1. The van der Waals surface area contributed by atoms with Crippen LogP contribution in [0.4, 0.5) is 5.00 Å². The zero-order chi connectivity index (χ0) is 20.7. The molecule has 3 heterocycles. The molecule has 0 aliphatic heterocycles. The summed E-state index contributed by atoms with van der Waals surface area (Å²) >= 11 is 2.75. The topological polar surface area (TPSA) is 115 Å². The van der Waals surface area contributed by atoms with E-state index in [0.29, 0.717) is 27.4 Å². The van der Waals surface area contributed by atoms with Gasteiger partial charge in [0.05, 0.1) is 11.3 Å². The van der Waals surface area contributed by atoms with E-state index in [1.165, 1.54) is 23.1 Å². The molecule has 0 unspecified atom stereocenters. The molecule has 2 amide bonds. The van der Waals surface area contributed by atoms with Crippen molar-refractivity contribution in [3.05, 3.63) is 33.5 Å². The van der Waals surface area contributed by atoms with E-state index in [1.807, 2.05) is 24.3 Å². The number of thioether (sulfide) groups is 1. The first-order valence-corrected chi connectivity index (χ1v) is 11.2. The summed E-state index contributed by atoms with van der Waals surface area (Å²) in [7, 11) is 0. The van der Waals surface area contributed by atoms with Crippen molar-refractivity contribution in [2.75, 3.05) is 11.1 Å². The van der Waals surface area contributed by atoms with Gasteiger partial charge >= 0.3 is 0 Å². The van der Waals surface area contributed by atoms with Crippen LogP contribution in [0.5, 0.6) is 0 Å². The van der Waals surface area contributed by atoms with Crippen molar-refractivity contribution in [1.29, 1.82) is 0 Å². The molecule has 0 spiro atoms. The third kappa shape index (κ3) is 3.86. The second-order valence-corrected chi connectivity index (χ2v) is 9.46. The molecular formula is C19H22N6O2S2. The number of carbonyl (C=O) groups is 2. The normalized spacial score (nSPS) is 16.0. The Morgan fingerprint density at radius 1 is 1.38 bits per heavy atom. The summed E-state index contributed by atoms with van der Waals surface area (Å²) in [5, 5.41) is 12.3. The van der Waals surface area contributed by atoms with Crippen molar-refractivity contribution >= 4 is 45.7 Å². The second-order valence-electron chi connectivity index (χ2n) is 7.41. The van der Waals surface area contributed by atoms with Crippen molar-refractivity contribution in [3.63, 3.8) is 0 Å². The minimum atomic E-state index is -0.486. The highest BCUT2D eigenvalue weighted by Gasteiger charge is 2.27. The molecule has 0 fully saturated rings. The molecule has 0 radical (unpaired) electrons. The largest absolute Gasteiger partial charge is 0.365 e. The van der Waals surface area contributed by atoms with Crippen molar-refractivity contribution in [1.82, 2.24) is 19.6 Å². The monoisotopic (exact) mass is 430 g/mol. The average molecular weight is 431 g/mol. The molecule has 8 nitrogen and oxygen atoms in total. The Morgan fingerprint density at radius 3 is 2.93 bits per heavy atom. The van der Waals surface area contributed by atoms with Crippen LogP contribution in [0.15, 0.2) is 11.2 Å². The number of carbonyl (C=O) groups excluding carboxylic acids is 2. The molecule has 3 N–H and O–H groups in total. The Kier molecular flexibility index (Phi) is 5.30. The number of rotatable bonds is 5. The molecular weight excluding hydrogens is 408 g/mol. The van der Waals surface area contributed by atoms with Gasteiger partial charge in [-0.1, -0.05) is 18.7 Å². The number of nitrogens with two attached hydrogens (primary N) is 1. The third-order valence-corrected chi connectivity index (χ3v) is 7.11. The van der Waals surface area contributed by atoms with Crippen LogP contribution in [-0.2, 0) is 17.6 Å². The van der Waals surface area contributed by atoms with Gasteiger partial charge in [-0.25, -0.2) is 4.98 Å². The number of nitrogens with zero attached hydrogens (tertiary/aromatic N) is 4. The van der Waals surface area contributed by atoms with Crippen LogP contribution in [0.3, 0.4) is 0 Å². The SMILES string of the molecule is Cc1cc(C)n2c(SCC(=O)Nc3sc4c(c3C(N)=O)CC[C@H](C)C4)nnc2n1. The van der Waals surface area contributed by atoms with Crippen LogP contribution < -0.4 is 11.1 Å². The molecule has 1 atom stereocenters. The summed E-state index contributed by atoms with van der Waals surface area (Å²) in [6, 6.07) is 1.94. The van der Waals surface area contributed by atoms with Gasteiger partial charge in [0, 0.05) is 16.3 Å². The van der Waals surface area contributed by atoms with Crippen molar-refractivity contribution in [2.45, 2.75) is 45.2 Å². The second kappa shape index (κ2) is 7.75. The summed E-state index contributed by atoms with van der Waals surface area (Å²) in [6.45, 7) is 6.05. The van der Waals surface area contributed by atoms with Crippen LogP contribution in [0.1, 0.15) is 45.5 Å². The molecule has 152 valence electrons. The first-order valence-electron chi connectivity index (χ1n) is 9.40. The van der Waals surface area contributed by atoms with Gasteiger partial charge in [-0.15, -0.1) is 21.5 Å². The van der Waals surface area contributed by atoms with E-state index < -0.39 is 5.91 Å². The lowest BCUT2D eigenvalue weighted by Gasteiger charge is -2.18. The van der Waals surface area contributed by atoms with Gasteiger partial charge in [0.1, 0.15) is 5.00 Å². The maximum atomic E-state index is 12.6.